The first-order chi connectivity index (χ1) is 3.34. The van der Waals surface area contributed by atoms with Crippen LogP contribution in [0.2, 0.25) is 0 Å². The van der Waals surface area contributed by atoms with Gasteiger partial charge in [-0.15, -0.1) is 0 Å². The molecule has 2 atom stereocenters. The summed E-state index contributed by atoms with van der Waals surface area (Å²) < 4.78 is 0. The van der Waals surface area contributed by atoms with Crippen LogP contribution in [-0.4, -0.2) is 12.3 Å². The van der Waals surface area contributed by atoms with E-state index >= 15 is 0 Å². The summed E-state index contributed by atoms with van der Waals surface area (Å²) in [5.74, 6) is -0.000000000000000222. The van der Waals surface area contributed by atoms with E-state index in [1.807, 2.05) is 6.08 Å². The molecule has 1 rings (SSSR count). The third-order valence-corrected chi connectivity index (χ3v) is 1.16. The first kappa shape index (κ1) is 4.53. The predicted molar refractivity (Wildman–Crippen MR) is 26.7 cm³/mol. The highest BCUT2D eigenvalue weighted by molar-refractivity contribution is 5.61. The highest BCUT2D eigenvalue weighted by Crippen LogP contribution is 2.11. The second-order valence-corrected chi connectivity index (χ2v) is 1.68. The molecule has 0 radical (unpaired) electrons. The van der Waals surface area contributed by atoms with E-state index in [1.54, 1.807) is 6.08 Å². The van der Waals surface area contributed by atoms with Crippen molar-refractivity contribution in [1.82, 2.24) is 0 Å². The molecule has 0 spiro atoms. The van der Waals surface area contributed by atoms with Crippen molar-refractivity contribution in [3.05, 3.63) is 12.2 Å². The highest BCUT2D eigenvalue weighted by Gasteiger charge is 2.17. The van der Waals surface area contributed by atoms with Gasteiger partial charge in [-0.05, 0) is 0 Å². The molecule has 0 saturated heterocycles. The Morgan fingerprint density at radius 2 is 2.29 bits per heavy atom. The van der Waals surface area contributed by atoms with Crippen LogP contribution in [0, 0.1) is 5.92 Å². The van der Waals surface area contributed by atoms with Crippen LogP contribution in [-0.2, 0) is 4.79 Å². The Kier molecular flexibility index (Phi) is 0.947. The van der Waals surface area contributed by atoms with Crippen LogP contribution in [0.3, 0.4) is 0 Å². The molecule has 0 fully saturated rings. The fourth-order valence-corrected chi connectivity index (χ4v) is 0.504. The summed E-state index contributed by atoms with van der Waals surface area (Å²) >= 11 is 0. The zero-order chi connectivity index (χ0) is 5.28. The maximum atomic E-state index is 9.87. The molecule has 0 unspecified atom stereocenters. The Balaban J connectivity index is 2.48. The zero-order valence-corrected chi connectivity index (χ0v) is 3.87. The van der Waals surface area contributed by atoms with Crippen molar-refractivity contribution in [1.29, 1.82) is 0 Å². The van der Waals surface area contributed by atoms with Crippen LogP contribution in [0.5, 0.6) is 0 Å². The van der Waals surface area contributed by atoms with Crippen molar-refractivity contribution in [3.63, 3.8) is 0 Å². The van der Waals surface area contributed by atoms with Gasteiger partial charge in [0.15, 0.2) is 0 Å². The Labute approximate surface area is 42.0 Å². The molecule has 38 valence electrons. The van der Waals surface area contributed by atoms with Crippen molar-refractivity contribution in [2.45, 2.75) is 6.04 Å². The molecule has 1 aliphatic rings. The maximum Gasteiger partial charge on any atom is 0.128 e. The Hall–Kier alpha value is -0.630. The van der Waals surface area contributed by atoms with Crippen LogP contribution in [0.1, 0.15) is 0 Å². The lowest BCUT2D eigenvalue weighted by atomic mass is 9.92. The Morgan fingerprint density at radius 1 is 1.57 bits per heavy atom. The van der Waals surface area contributed by atoms with Crippen molar-refractivity contribution >= 4 is 6.29 Å². The zero-order valence-electron chi connectivity index (χ0n) is 3.87. The number of carbonyl (C=O) groups excluding carboxylic acids is 1. The molecule has 2 heteroatoms. The third kappa shape index (κ3) is 0.567. The fraction of sp³-hybridized carbons (Fsp3) is 0.400. The van der Waals surface area contributed by atoms with Gasteiger partial charge in [-0.3, -0.25) is 0 Å². The fourth-order valence-electron chi connectivity index (χ4n) is 0.504. The van der Waals surface area contributed by atoms with E-state index in [1.165, 1.54) is 0 Å². The van der Waals surface area contributed by atoms with E-state index in [2.05, 4.69) is 0 Å². The van der Waals surface area contributed by atoms with E-state index in [-0.39, 0.29) is 12.0 Å². The van der Waals surface area contributed by atoms with Crippen molar-refractivity contribution in [3.8, 4) is 0 Å². The van der Waals surface area contributed by atoms with Crippen molar-refractivity contribution in [2.24, 2.45) is 11.7 Å². The quantitative estimate of drug-likeness (QED) is 0.360. The molecule has 1 aliphatic carbocycles. The van der Waals surface area contributed by atoms with E-state index in [0.29, 0.717) is 0 Å². The summed E-state index contributed by atoms with van der Waals surface area (Å²) in [5, 5.41) is 0. The molecular formula is C5H7NO. The minimum absolute atomic E-state index is 0.000000000000000222. The second kappa shape index (κ2) is 1.46. The average Bonchev–Trinajstić information content (AvgIpc) is 1.65. The van der Waals surface area contributed by atoms with Gasteiger partial charge in [0.1, 0.15) is 6.29 Å². The summed E-state index contributed by atoms with van der Waals surface area (Å²) in [5.41, 5.74) is 5.32. The molecule has 0 heterocycles. The number of hydrogen-bond donors (Lipinski definition) is 1. The molecule has 7 heavy (non-hydrogen) atoms. The maximum absolute atomic E-state index is 9.87. The highest BCUT2D eigenvalue weighted by atomic mass is 16.1. The number of carbonyl (C=O) groups is 1. The van der Waals surface area contributed by atoms with Crippen LogP contribution in [0.15, 0.2) is 12.2 Å². The third-order valence-electron chi connectivity index (χ3n) is 1.16. The van der Waals surface area contributed by atoms with Crippen LogP contribution in [0.4, 0.5) is 0 Å². The van der Waals surface area contributed by atoms with E-state index in [0.717, 1.165) is 6.29 Å². The van der Waals surface area contributed by atoms with Gasteiger partial charge in [-0.25, -0.2) is 0 Å². The van der Waals surface area contributed by atoms with Gasteiger partial charge in [-0.2, -0.15) is 0 Å². The number of nitrogens with two attached hydrogens (primary N) is 1. The topological polar surface area (TPSA) is 43.1 Å². The molecule has 0 amide bonds. The van der Waals surface area contributed by atoms with E-state index < -0.39 is 0 Å². The van der Waals surface area contributed by atoms with Gasteiger partial charge in [-0.1, -0.05) is 12.2 Å². The number of rotatable bonds is 1. The molecular weight excluding hydrogens is 90.1 g/mol. The molecule has 0 aromatic heterocycles. The van der Waals surface area contributed by atoms with Gasteiger partial charge >= 0.3 is 0 Å². The van der Waals surface area contributed by atoms with Gasteiger partial charge in [0.05, 0.1) is 5.92 Å². The summed E-state index contributed by atoms with van der Waals surface area (Å²) in [6, 6.07) is -0.00231. The molecule has 0 aromatic carbocycles. The normalized spacial score (nSPS) is 37.3. The average molecular weight is 97.1 g/mol. The lowest BCUT2D eigenvalue weighted by Gasteiger charge is -2.18. The summed E-state index contributed by atoms with van der Waals surface area (Å²) in [4.78, 5) is 9.87. The van der Waals surface area contributed by atoms with Gasteiger partial charge in [0.25, 0.3) is 0 Å². The van der Waals surface area contributed by atoms with Crippen LogP contribution in [0.25, 0.3) is 0 Å². The van der Waals surface area contributed by atoms with Gasteiger partial charge in [0, 0.05) is 6.04 Å². The van der Waals surface area contributed by atoms with Crippen molar-refractivity contribution in [2.75, 3.05) is 0 Å². The molecule has 0 bridgehead atoms. The minimum atomic E-state index is -0.00231. The SMILES string of the molecule is N[C@@H]1C=C[C@H]1C=O. The molecule has 0 saturated carbocycles. The Morgan fingerprint density at radius 3 is 2.29 bits per heavy atom. The summed E-state index contributed by atoms with van der Waals surface area (Å²) in [7, 11) is 0. The predicted octanol–water partition coefficient (Wildman–Crippen LogP) is -0.301. The molecule has 2 N–H and O–H groups in total. The smallest absolute Gasteiger partial charge is 0.128 e. The lowest BCUT2D eigenvalue weighted by Crippen LogP contribution is -2.33. The Bertz CT molecular complexity index is 109. The minimum Gasteiger partial charge on any atom is -0.324 e. The molecule has 0 aromatic rings. The summed E-state index contributed by atoms with van der Waals surface area (Å²) in [6.45, 7) is 0. The largest absolute Gasteiger partial charge is 0.324 e. The van der Waals surface area contributed by atoms with Crippen molar-refractivity contribution < 1.29 is 4.79 Å². The van der Waals surface area contributed by atoms with E-state index in [4.69, 9.17) is 5.73 Å². The van der Waals surface area contributed by atoms with Crippen LogP contribution < -0.4 is 5.73 Å². The van der Waals surface area contributed by atoms with E-state index in [9.17, 15) is 4.79 Å². The first-order valence-electron chi connectivity index (χ1n) is 2.24. The standard InChI is InChI=1S/C5H7NO/c6-5-2-1-4(5)3-7/h1-5H,6H2/t4-,5+/m0/s1. The summed E-state index contributed by atoms with van der Waals surface area (Å²) in [6.07, 6.45) is 4.49. The first-order valence-corrected chi connectivity index (χ1v) is 2.24. The monoisotopic (exact) mass is 97.1 g/mol. The van der Waals surface area contributed by atoms with Gasteiger partial charge in [0.2, 0.25) is 0 Å². The molecule has 2 nitrogen and oxygen atoms in total. The number of hydrogen-bond acceptors (Lipinski definition) is 2. The number of aldehydes is 1. The second-order valence-electron chi connectivity index (χ2n) is 1.68. The van der Waals surface area contributed by atoms with Gasteiger partial charge < -0.3 is 10.5 Å². The molecule has 0 aliphatic heterocycles. The lowest BCUT2D eigenvalue weighted by molar-refractivity contribution is -0.110. The van der Waals surface area contributed by atoms with Crippen LogP contribution >= 0.6 is 0 Å².